The number of carbonyl (C=O) groups excluding carboxylic acids is 1. The van der Waals surface area contributed by atoms with E-state index in [0.717, 1.165) is 25.9 Å². The van der Waals surface area contributed by atoms with E-state index in [2.05, 4.69) is 16.7 Å². The van der Waals surface area contributed by atoms with Crippen molar-refractivity contribution in [2.45, 2.75) is 51.1 Å². The van der Waals surface area contributed by atoms with Crippen LogP contribution in [-0.4, -0.2) is 47.4 Å². The van der Waals surface area contributed by atoms with Gasteiger partial charge >= 0.3 is 0 Å². The molecular weight excluding hydrogens is 200 g/mol. The standard InChI is InChI=1S/C13H22N2O/c1-10-8-14-7-3-2-4-12(14)9-15(10)13(16)11-5-6-11/h10-12H,2-9H2,1H3. The monoisotopic (exact) mass is 222 g/mol. The normalized spacial score (nSPS) is 35.9. The fourth-order valence-electron chi connectivity index (χ4n) is 3.22. The van der Waals surface area contributed by atoms with Gasteiger partial charge in [-0.05, 0) is 39.2 Å². The first-order valence-corrected chi connectivity index (χ1v) is 6.80. The van der Waals surface area contributed by atoms with E-state index < -0.39 is 0 Å². The van der Waals surface area contributed by atoms with Gasteiger partial charge in [0.2, 0.25) is 5.91 Å². The topological polar surface area (TPSA) is 23.6 Å². The second-order valence-electron chi connectivity index (χ2n) is 5.76. The molecule has 3 aliphatic rings. The largest absolute Gasteiger partial charge is 0.337 e. The molecule has 2 heterocycles. The summed E-state index contributed by atoms with van der Waals surface area (Å²) < 4.78 is 0. The maximum absolute atomic E-state index is 12.2. The summed E-state index contributed by atoms with van der Waals surface area (Å²) in [7, 11) is 0. The van der Waals surface area contributed by atoms with Crippen molar-refractivity contribution in [3.63, 3.8) is 0 Å². The van der Waals surface area contributed by atoms with E-state index in [0.29, 0.717) is 23.9 Å². The van der Waals surface area contributed by atoms with Gasteiger partial charge in [-0.3, -0.25) is 9.69 Å². The van der Waals surface area contributed by atoms with Crippen molar-refractivity contribution in [1.29, 1.82) is 0 Å². The van der Waals surface area contributed by atoms with Gasteiger partial charge in [0.05, 0.1) is 0 Å². The Balaban J connectivity index is 1.68. The van der Waals surface area contributed by atoms with Gasteiger partial charge < -0.3 is 4.90 Å². The molecule has 1 amide bonds. The molecule has 0 aromatic rings. The molecule has 2 unspecified atom stereocenters. The first-order chi connectivity index (χ1) is 7.75. The van der Waals surface area contributed by atoms with Gasteiger partial charge in [-0.15, -0.1) is 0 Å². The Morgan fingerprint density at radius 2 is 1.94 bits per heavy atom. The van der Waals surface area contributed by atoms with Crippen LogP contribution in [-0.2, 0) is 4.79 Å². The van der Waals surface area contributed by atoms with E-state index in [-0.39, 0.29) is 0 Å². The maximum Gasteiger partial charge on any atom is 0.226 e. The molecular formula is C13H22N2O. The predicted octanol–water partition coefficient (Wildman–Crippen LogP) is 1.48. The SMILES string of the molecule is CC1CN2CCCCC2CN1C(=O)C1CC1. The highest BCUT2D eigenvalue weighted by Crippen LogP contribution is 2.33. The van der Waals surface area contributed by atoms with Gasteiger partial charge in [-0.1, -0.05) is 6.42 Å². The van der Waals surface area contributed by atoms with Crippen molar-refractivity contribution < 1.29 is 4.79 Å². The number of piperidine rings is 1. The number of fused-ring (bicyclic) bond motifs is 1. The molecule has 3 fully saturated rings. The zero-order valence-electron chi connectivity index (χ0n) is 10.2. The molecule has 1 aliphatic carbocycles. The van der Waals surface area contributed by atoms with E-state index in [1.165, 1.54) is 25.8 Å². The summed E-state index contributed by atoms with van der Waals surface area (Å²) in [6.45, 7) is 5.56. The fourth-order valence-corrected chi connectivity index (χ4v) is 3.22. The Labute approximate surface area is 97.8 Å². The maximum atomic E-state index is 12.2. The second-order valence-corrected chi connectivity index (χ2v) is 5.76. The van der Waals surface area contributed by atoms with Crippen molar-refractivity contribution in [3.8, 4) is 0 Å². The quantitative estimate of drug-likeness (QED) is 0.671. The summed E-state index contributed by atoms with van der Waals surface area (Å²) in [4.78, 5) is 16.9. The van der Waals surface area contributed by atoms with Crippen molar-refractivity contribution in [3.05, 3.63) is 0 Å². The van der Waals surface area contributed by atoms with Gasteiger partial charge in [0, 0.05) is 31.1 Å². The molecule has 90 valence electrons. The van der Waals surface area contributed by atoms with Gasteiger partial charge in [0.1, 0.15) is 0 Å². The minimum Gasteiger partial charge on any atom is -0.337 e. The molecule has 1 saturated carbocycles. The first kappa shape index (κ1) is 10.6. The van der Waals surface area contributed by atoms with Crippen LogP contribution in [0.1, 0.15) is 39.0 Å². The third kappa shape index (κ3) is 1.86. The van der Waals surface area contributed by atoms with Crippen LogP contribution in [0.3, 0.4) is 0 Å². The number of rotatable bonds is 1. The van der Waals surface area contributed by atoms with Crippen molar-refractivity contribution in [2.75, 3.05) is 19.6 Å². The van der Waals surface area contributed by atoms with Crippen LogP contribution >= 0.6 is 0 Å². The zero-order valence-corrected chi connectivity index (χ0v) is 10.2. The average Bonchev–Trinajstić information content (AvgIpc) is 3.11. The number of carbonyl (C=O) groups is 1. The first-order valence-electron chi connectivity index (χ1n) is 6.80. The fraction of sp³-hybridized carbons (Fsp3) is 0.923. The van der Waals surface area contributed by atoms with E-state index >= 15 is 0 Å². The molecule has 2 atom stereocenters. The Morgan fingerprint density at radius 3 is 2.69 bits per heavy atom. The van der Waals surface area contributed by atoms with Crippen LogP contribution in [0.25, 0.3) is 0 Å². The third-order valence-corrected chi connectivity index (χ3v) is 4.40. The minimum atomic E-state index is 0.387. The van der Waals surface area contributed by atoms with Crippen molar-refractivity contribution in [1.82, 2.24) is 9.80 Å². The van der Waals surface area contributed by atoms with E-state index in [1.807, 2.05) is 0 Å². The van der Waals surface area contributed by atoms with Crippen LogP contribution in [0.15, 0.2) is 0 Å². The van der Waals surface area contributed by atoms with Crippen LogP contribution in [0.2, 0.25) is 0 Å². The van der Waals surface area contributed by atoms with Gasteiger partial charge in [-0.2, -0.15) is 0 Å². The molecule has 3 nitrogen and oxygen atoms in total. The Morgan fingerprint density at radius 1 is 1.12 bits per heavy atom. The lowest BCUT2D eigenvalue weighted by Crippen LogP contribution is -2.60. The molecule has 0 aromatic carbocycles. The Hall–Kier alpha value is -0.570. The lowest BCUT2D eigenvalue weighted by molar-refractivity contribution is -0.139. The van der Waals surface area contributed by atoms with Gasteiger partial charge in [0.25, 0.3) is 0 Å². The summed E-state index contributed by atoms with van der Waals surface area (Å²) in [5, 5.41) is 0. The third-order valence-electron chi connectivity index (χ3n) is 4.40. The summed E-state index contributed by atoms with van der Waals surface area (Å²) in [6.07, 6.45) is 6.26. The second kappa shape index (κ2) is 4.02. The smallest absolute Gasteiger partial charge is 0.226 e. The highest BCUT2D eigenvalue weighted by atomic mass is 16.2. The molecule has 3 rings (SSSR count). The number of hydrogen-bond donors (Lipinski definition) is 0. The molecule has 16 heavy (non-hydrogen) atoms. The van der Waals surface area contributed by atoms with Gasteiger partial charge in [-0.25, -0.2) is 0 Å². The molecule has 0 radical (unpaired) electrons. The number of amides is 1. The van der Waals surface area contributed by atoms with E-state index in [1.54, 1.807) is 0 Å². The highest BCUT2D eigenvalue weighted by Gasteiger charge is 2.40. The zero-order chi connectivity index (χ0) is 11.1. The Kier molecular flexibility index (Phi) is 2.66. The van der Waals surface area contributed by atoms with Crippen LogP contribution in [0.4, 0.5) is 0 Å². The lowest BCUT2D eigenvalue weighted by Gasteiger charge is -2.47. The molecule has 3 heteroatoms. The van der Waals surface area contributed by atoms with E-state index in [9.17, 15) is 4.79 Å². The average molecular weight is 222 g/mol. The summed E-state index contributed by atoms with van der Waals surface area (Å²) in [5.74, 6) is 0.829. The summed E-state index contributed by atoms with van der Waals surface area (Å²) >= 11 is 0. The summed E-state index contributed by atoms with van der Waals surface area (Å²) in [5.41, 5.74) is 0. The number of hydrogen-bond acceptors (Lipinski definition) is 2. The lowest BCUT2D eigenvalue weighted by atomic mass is 9.97. The minimum absolute atomic E-state index is 0.387. The molecule has 2 saturated heterocycles. The Bertz CT molecular complexity index is 288. The highest BCUT2D eigenvalue weighted by molar-refractivity contribution is 5.81. The van der Waals surface area contributed by atoms with Crippen LogP contribution in [0.5, 0.6) is 0 Å². The molecule has 0 spiro atoms. The van der Waals surface area contributed by atoms with Crippen LogP contribution < -0.4 is 0 Å². The van der Waals surface area contributed by atoms with Crippen molar-refractivity contribution in [2.24, 2.45) is 5.92 Å². The number of piperazine rings is 1. The van der Waals surface area contributed by atoms with E-state index in [4.69, 9.17) is 0 Å². The molecule has 2 aliphatic heterocycles. The summed E-state index contributed by atoms with van der Waals surface area (Å²) in [6, 6.07) is 1.09. The van der Waals surface area contributed by atoms with Gasteiger partial charge in [0.15, 0.2) is 0 Å². The molecule has 0 aromatic heterocycles. The molecule has 0 bridgehead atoms. The number of nitrogens with zero attached hydrogens (tertiary/aromatic N) is 2. The van der Waals surface area contributed by atoms with Crippen LogP contribution in [0, 0.1) is 5.92 Å². The van der Waals surface area contributed by atoms with Crippen molar-refractivity contribution >= 4 is 5.91 Å². The predicted molar refractivity (Wildman–Crippen MR) is 63.1 cm³/mol. The molecule has 0 N–H and O–H groups in total.